The van der Waals surface area contributed by atoms with Crippen molar-refractivity contribution in [1.82, 2.24) is 0 Å². The van der Waals surface area contributed by atoms with Crippen molar-refractivity contribution in [2.75, 3.05) is 13.4 Å². The maximum Gasteiger partial charge on any atom is 0.189 e. The van der Waals surface area contributed by atoms with E-state index in [0.717, 1.165) is 12.2 Å². The highest BCUT2D eigenvalue weighted by Gasteiger charge is 2.17. The van der Waals surface area contributed by atoms with Crippen molar-refractivity contribution in [2.24, 2.45) is 0 Å². The Kier molecular flexibility index (Phi) is 4.81. The van der Waals surface area contributed by atoms with Crippen LogP contribution in [-0.2, 0) is 10.2 Å². The number of benzene rings is 1. The van der Waals surface area contributed by atoms with Crippen LogP contribution >= 0.6 is 0 Å². The van der Waals surface area contributed by atoms with Gasteiger partial charge in [0, 0.05) is 6.61 Å². The SMILES string of the molecule is CCOCOc1ccc(C(C)(C)CC)cc1. The van der Waals surface area contributed by atoms with Crippen molar-refractivity contribution < 1.29 is 9.47 Å². The molecule has 0 spiro atoms. The van der Waals surface area contributed by atoms with Gasteiger partial charge in [0.2, 0.25) is 0 Å². The van der Waals surface area contributed by atoms with E-state index in [-0.39, 0.29) is 5.41 Å². The fourth-order valence-electron chi connectivity index (χ4n) is 1.40. The molecule has 0 heterocycles. The average Bonchev–Trinajstić information content (AvgIpc) is 2.30. The van der Waals surface area contributed by atoms with Crippen molar-refractivity contribution in [3.63, 3.8) is 0 Å². The summed E-state index contributed by atoms with van der Waals surface area (Å²) in [5, 5.41) is 0. The Morgan fingerprint density at radius 2 is 1.69 bits per heavy atom. The van der Waals surface area contributed by atoms with Crippen molar-refractivity contribution in [3.8, 4) is 5.75 Å². The van der Waals surface area contributed by atoms with Crippen LogP contribution in [0.4, 0.5) is 0 Å². The Hall–Kier alpha value is -1.02. The molecular weight excluding hydrogens is 200 g/mol. The van der Waals surface area contributed by atoms with E-state index in [4.69, 9.17) is 9.47 Å². The summed E-state index contributed by atoms with van der Waals surface area (Å²) in [4.78, 5) is 0. The summed E-state index contributed by atoms with van der Waals surface area (Å²) in [6, 6.07) is 8.27. The van der Waals surface area contributed by atoms with Gasteiger partial charge in [-0.25, -0.2) is 0 Å². The van der Waals surface area contributed by atoms with Gasteiger partial charge in [0.1, 0.15) is 5.75 Å². The van der Waals surface area contributed by atoms with E-state index >= 15 is 0 Å². The lowest BCUT2D eigenvalue weighted by Gasteiger charge is -2.23. The summed E-state index contributed by atoms with van der Waals surface area (Å²) < 4.78 is 10.6. The third-order valence-electron chi connectivity index (χ3n) is 3.03. The molecule has 0 radical (unpaired) electrons. The van der Waals surface area contributed by atoms with Crippen LogP contribution in [0.15, 0.2) is 24.3 Å². The lowest BCUT2D eigenvalue weighted by Crippen LogP contribution is -2.15. The Balaban J connectivity index is 2.61. The molecule has 1 rings (SSSR count). The van der Waals surface area contributed by atoms with E-state index in [1.54, 1.807) is 0 Å². The highest BCUT2D eigenvalue weighted by atomic mass is 16.7. The highest BCUT2D eigenvalue weighted by molar-refractivity contribution is 5.31. The van der Waals surface area contributed by atoms with Crippen LogP contribution in [0.2, 0.25) is 0 Å². The highest BCUT2D eigenvalue weighted by Crippen LogP contribution is 2.27. The summed E-state index contributed by atoms with van der Waals surface area (Å²) >= 11 is 0. The van der Waals surface area contributed by atoms with Gasteiger partial charge in [-0.3, -0.25) is 0 Å². The molecule has 0 aliphatic rings. The first-order valence-corrected chi connectivity index (χ1v) is 5.91. The molecule has 0 atom stereocenters. The normalized spacial score (nSPS) is 11.5. The number of hydrogen-bond acceptors (Lipinski definition) is 2. The van der Waals surface area contributed by atoms with E-state index in [9.17, 15) is 0 Å². The summed E-state index contributed by atoms with van der Waals surface area (Å²) in [5.74, 6) is 0.865. The van der Waals surface area contributed by atoms with Crippen LogP contribution < -0.4 is 4.74 Å². The van der Waals surface area contributed by atoms with E-state index < -0.39 is 0 Å². The molecule has 0 aliphatic carbocycles. The second-order valence-corrected chi connectivity index (χ2v) is 4.52. The Bertz CT molecular complexity index is 301. The van der Waals surface area contributed by atoms with E-state index in [2.05, 4.69) is 32.9 Å². The van der Waals surface area contributed by atoms with E-state index in [1.807, 2.05) is 19.1 Å². The molecule has 90 valence electrons. The van der Waals surface area contributed by atoms with Crippen LogP contribution in [0.1, 0.15) is 39.7 Å². The molecule has 2 nitrogen and oxygen atoms in total. The largest absolute Gasteiger partial charge is 0.468 e. The molecule has 0 amide bonds. The van der Waals surface area contributed by atoms with Crippen LogP contribution in [0.25, 0.3) is 0 Å². The summed E-state index contributed by atoms with van der Waals surface area (Å²) in [6.45, 7) is 9.68. The van der Waals surface area contributed by atoms with Gasteiger partial charge < -0.3 is 9.47 Å². The lowest BCUT2D eigenvalue weighted by molar-refractivity contribution is 0.0224. The summed E-state index contributed by atoms with van der Waals surface area (Å²) in [7, 11) is 0. The summed E-state index contributed by atoms with van der Waals surface area (Å²) in [6.07, 6.45) is 1.13. The number of rotatable bonds is 6. The zero-order valence-electron chi connectivity index (χ0n) is 10.7. The lowest BCUT2D eigenvalue weighted by atomic mass is 9.82. The minimum absolute atomic E-state index is 0.235. The van der Waals surface area contributed by atoms with Crippen molar-refractivity contribution in [1.29, 1.82) is 0 Å². The predicted molar refractivity (Wildman–Crippen MR) is 66.9 cm³/mol. The van der Waals surface area contributed by atoms with Gasteiger partial charge in [0.25, 0.3) is 0 Å². The monoisotopic (exact) mass is 222 g/mol. The fraction of sp³-hybridized carbons (Fsp3) is 0.571. The molecule has 0 N–H and O–H groups in total. The molecule has 0 aliphatic heterocycles. The molecule has 1 aromatic rings. The molecule has 0 aromatic heterocycles. The van der Waals surface area contributed by atoms with Gasteiger partial charge >= 0.3 is 0 Å². The van der Waals surface area contributed by atoms with Crippen LogP contribution in [0.5, 0.6) is 5.75 Å². The van der Waals surface area contributed by atoms with Gasteiger partial charge in [-0.1, -0.05) is 32.9 Å². The molecule has 0 saturated heterocycles. The number of hydrogen-bond donors (Lipinski definition) is 0. The van der Waals surface area contributed by atoms with E-state index in [0.29, 0.717) is 13.4 Å². The first kappa shape index (κ1) is 13.0. The second kappa shape index (κ2) is 5.90. The maximum atomic E-state index is 5.43. The smallest absolute Gasteiger partial charge is 0.189 e. The van der Waals surface area contributed by atoms with Gasteiger partial charge in [0.15, 0.2) is 6.79 Å². The zero-order chi connectivity index (χ0) is 12.0. The summed E-state index contributed by atoms with van der Waals surface area (Å²) in [5.41, 5.74) is 1.58. The van der Waals surface area contributed by atoms with Gasteiger partial charge in [0.05, 0.1) is 0 Å². The van der Waals surface area contributed by atoms with Crippen LogP contribution in [0.3, 0.4) is 0 Å². The molecule has 0 fully saturated rings. The Morgan fingerprint density at radius 1 is 1.06 bits per heavy atom. The first-order chi connectivity index (χ1) is 7.60. The number of ether oxygens (including phenoxy) is 2. The second-order valence-electron chi connectivity index (χ2n) is 4.52. The maximum absolute atomic E-state index is 5.43. The Morgan fingerprint density at radius 3 is 2.19 bits per heavy atom. The van der Waals surface area contributed by atoms with Gasteiger partial charge in [-0.15, -0.1) is 0 Å². The third-order valence-corrected chi connectivity index (χ3v) is 3.03. The van der Waals surface area contributed by atoms with Crippen molar-refractivity contribution in [2.45, 2.75) is 39.5 Å². The van der Waals surface area contributed by atoms with Gasteiger partial charge in [-0.05, 0) is 36.5 Å². The Labute approximate surface area is 98.6 Å². The molecular formula is C14H22O2. The third kappa shape index (κ3) is 3.53. The molecule has 16 heavy (non-hydrogen) atoms. The molecule has 0 unspecified atom stereocenters. The quantitative estimate of drug-likeness (QED) is 0.539. The molecule has 0 saturated carbocycles. The molecule has 0 bridgehead atoms. The van der Waals surface area contributed by atoms with Crippen LogP contribution in [0, 0.1) is 0 Å². The zero-order valence-corrected chi connectivity index (χ0v) is 10.7. The molecule has 2 heteroatoms. The standard InChI is InChI=1S/C14H22O2/c1-5-14(3,4)12-7-9-13(10-8-12)16-11-15-6-2/h7-10H,5-6,11H2,1-4H3. The van der Waals surface area contributed by atoms with E-state index in [1.165, 1.54) is 5.56 Å². The van der Waals surface area contributed by atoms with Gasteiger partial charge in [-0.2, -0.15) is 0 Å². The minimum Gasteiger partial charge on any atom is -0.468 e. The van der Waals surface area contributed by atoms with Crippen molar-refractivity contribution >= 4 is 0 Å². The minimum atomic E-state index is 0.235. The first-order valence-electron chi connectivity index (χ1n) is 5.91. The predicted octanol–water partition coefficient (Wildman–Crippen LogP) is 3.75. The fourth-order valence-corrected chi connectivity index (χ4v) is 1.40. The van der Waals surface area contributed by atoms with Crippen molar-refractivity contribution in [3.05, 3.63) is 29.8 Å². The average molecular weight is 222 g/mol. The molecule has 1 aromatic carbocycles. The topological polar surface area (TPSA) is 18.5 Å². The van der Waals surface area contributed by atoms with Crippen LogP contribution in [-0.4, -0.2) is 13.4 Å².